The summed E-state index contributed by atoms with van der Waals surface area (Å²) in [6.45, 7) is 1.39. The Hall–Kier alpha value is -1.95. The number of rotatable bonds is 2. The average molecular weight is 250 g/mol. The monoisotopic (exact) mass is 250 g/mol. The Morgan fingerprint density at radius 1 is 1.41 bits per heavy atom. The van der Waals surface area contributed by atoms with Gasteiger partial charge in [0.1, 0.15) is 5.00 Å². The quantitative estimate of drug-likeness (QED) is 0.799. The number of amides is 3. The number of carbonyl (C=O) groups excluding carboxylic acids is 3. The highest BCUT2D eigenvalue weighted by Crippen LogP contribution is 2.32. The molecule has 1 aromatic heterocycles. The lowest BCUT2D eigenvalue weighted by Gasteiger charge is -2.07. The Morgan fingerprint density at radius 2 is 2.12 bits per heavy atom. The lowest BCUT2D eigenvalue weighted by Crippen LogP contribution is -2.25. The number of carbonyl (C=O) groups is 3. The molecule has 0 radical (unpaired) electrons. The minimum Gasteiger partial charge on any atom is -0.317 e. The van der Waals surface area contributed by atoms with Crippen LogP contribution < -0.4 is 5.32 Å². The predicted molar refractivity (Wildman–Crippen MR) is 64.4 cm³/mol. The summed E-state index contributed by atoms with van der Waals surface area (Å²) in [6, 6.07) is 1.71. The highest BCUT2D eigenvalue weighted by molar-refractivity contribution is 7.14. The fourth-order valence-corrected chi connectivity index (χ4v) is 2.38. The third-order valence-corrected chi connectivity index (χ3v) is 3.21. The van der Waals surface area contributed by atoms with Gasteiger partial charge in [-0.1, -0.05) is 0 Å². The van der Waals surface area contributed by atoms with Crippen molar-refractivity contribution in [2.24, 2.45) is 0 Å². The maximum absolute atomic E-state index is 11.8. The van der Waals surface area contributed by atoms with Crippen molar-refractivity contribution in [1.29, 1.82) is 0 Å². The van der Waals surface area contributed by atoms with E-state index in [0.717, 1.165) is 4.90 Å². The second-order valence-electron chi connectivity index (χ2n) is 3.61. The summed E-state index contributed by atoms with van der Waals surface area (Å²) in [4.78, 5) is 35.2. The molecule has 5 nitrogen and oxygen atoms in total. The largest absolute Gasteiger partial charge is 0.317 e. The second-order valence-corrected chi connectivity index (χ2v) is 4.52. The molecule has 0 aliphatic carbocycles. The summed E-state index contributed by atoms with van der Waals surface area (Å²) >= 11 is 1.31. The van der Waals surface area contributed by atoms with Crippen LogP contribution in [-0.2, 0) is 14.4 Å². The first kappa shape index (κ1) is 11.5. The maximum atomic E-state index is 11.8. The third-order valence-electron chi connectivity index (χ3n) is 2.38. The molecule has 17 heavy (non-hydrogen) atoms. The summed E-state index contributed by atoms with van der Waals surface area (Å²) in [7, 11) is 1.43. The molecule has 1 aliphatic rings. The van der Waals surface area contributed by atoms with E-state index in [1.807, 2.05) is 0 Å². The van der Waals surface area contributed by atoms with Crippen LogP contribution in [0.5, 0.6) is 0 Å². The van der Waals surface area contributed by atoms with E-state index < -0.39 is 0 Å². The number of imide groups is 1. The van der Waals surface area contributed by atoms with Gasteiger partial charge in [0.2, 0.25) is 5.91 Å². The van der Waals surface area contributed by atoms with E-state index in [0.29, 0.717) is 16.1 Å². The molecule has 0 unspecified atom stereocenters. The molecule has 1 aromatic rings. The Bertz CT molecular complexity index is 545. The minimum absolute atomic E-state index is 0.209. The number of nitrogens with one attached hydrogen (secondary N) is 1. The Morgan fingerprint density at radius 3 is 2.65 bits per heavy atom. The molecular weight excluding hydrogens is 240 g/mol. The van der Waals surface area contributed by atoms with E-state index in [1.54, 1.807) is 11.4 Å². The van der Waals surface area contributed by atoms with Crippen LogP contribution in [-0.4, -0.2) is 29.7 Å². The van der Waals surface area contributed by atoms with Gasteiger partial charge in [-0.25, -0.2) is 0 Å². The highest BCUT2D eigenvalue weighted by atomic mass is 32.1. The molecule has 0 aromatic carbocycles. The van der Waals surface area contributed by atoms with Crippen molar-refractivity contribution in [3.63, 3.8) is 0 Å². The standard InChI is InChI=1S/C11H10N2O3S/c1-6(14)12-10-7(3-4-17-10)8-5-9(15)13(2)11(8)16/h3-5H,1-2H3,(H,12,14). The average Bonchev–Trinajstić information content (AvgIpc) is 2.78. The molecule has 0 fully saturated rings. The van der Waals surface area contributed by atoms with Gasteiger partial charge in [0.25, 0.3) is 11.8 Å². The zero-order valence-corrected chi connectivity index (χ0v) is 10.1. The summed E-state index contributed by atoms with van der Waals surface area (Å²) < 4.78 is 0. The molecule has 1 aliphatic heterocycles. The van der Waals surface area contributed by atoms with Crippen LogP contribution in [0.4, 0.5) is 5.00 Å². The van der Waals surface area contributed by atoms with Crippen LogP contribution in [0.3, 0.4) is 0 Å². The van der Waals surface area contributed by atoms with Crippen molar-refractivity contribution in [2.45, 2.75) is 6.92 Å². The topological polar surface area (TPSA) is 66.5 Å². The minimum atomic E-state index is -0.347. The summed E-state index contributed by atoms with van der Waals surface area (Å²) in [5, 5.41) is 4.98. The number of hydrogen-bond donors (Lipinski definition) is 1. The van der Waals surface area contributed by atoms with Crippen LogP contribution in [0.1, 0.15) is 12.5 Å². The van der Waals surface area contributed by atoms with Crippen molar-refractivity contribution >= 4 is 39.6 Å². The van der Waals surface area contributed by atoms with Crippen molar-refractivity contribution < 1.29 is 14.4 Å². The Balaban J connectivity index is 2.39. The molecule has 0 saturated carbocycles. The zero-order valence-electron chi connectivity index (χ0n) is 9.31. The first-order valence-electron chi connectivity index (χ1n) is 4.90. The fraction of sp³-hybridized carbons (Fsp3) is 0.182. The van der Waals surface area contributed by atoms with Crippen LogP contribution in [0.15, 0.2) is 17.5 Å². The maximum Gasteiger partial charge on any atom is 0.261 e. The number of hydrogen-bond acceptors (Lipinski definition) is 4. The molecule has 0 saturated heterocycles. The molecule has 0 spiro atoms. The van der Waals surface area contributed by atoms with E-state index in [-0.39, 0.29) is 17.7 Å². The molecule has 88 valence electrons. The SMILES string of the molecule is CC(=O)Nc1sccc1C1=CC(=O)N(C)C1=O. The Kier molecular flexibility index (Phi) is 2.81. The van der Waals surface area contributed by atoms with Gasteiger partial charge in [-0.15, -0.1) is 11.3 Å². The summed E-state index contributed by atoms with van der Waals surface area (Å²) in [5.74, 6) is -0.899. The first-order chi connectivity index (χ1) is 8.00. The molecule has 1 N–H and O–H groups in total. The number of nitrogens with zero attached hydrogens (tertiary/aromatic N) is 1. The van der Waals surface area contributed by atoms with Gasteiger partial charge in [-0.3, -0.25) is 19.3 Å². The molecule has 0 atom stereocenters. The number of thiophene rings is 1. The van der Waals surface area contributed by atoms with Crippen molar-refractivity contribution in [3.05, 3.63) is 23.1 Å². The highest BCUT2D eigenvalue weighted by Gasteiger charge is 2.30. The smallest absolute Gasteiger partial charge is 0.261 e. The number of anilines is 1. The van der Waals surface area contributed by atoms with Crippen LogP contribution in [0.2, 0.25) is 0 Å². The van der Waals surface area contributed by atoms with Gasteiger partial charge in [0, 0.05) is 25.6 Å². The van der Waals surface area contributed by atoms with Crippen LogP contribution >= 0.6 is 11.3 Å². The van der Waals surface area contributed by atoms with E-state index in [4.69, 9.17) is 0 Å². The zero-order chi connectivity index (χ0) is 12.6. The van der Waals surface area contributed by atoms with E-state index in [1.165, 1.54) is 31.4 Å². The first-order valence-corrected chi connectivity index (χ1v) is 5.78. The molecule has 2 heterocycles. The lowest BCUT2D eigenvalue weighted by atomic mass is 10.1. The van der Waals surface area contributed by atoms with Gasteiger partial charge < -0.3 is 5.32 Å². The van der Waals surface area contributed by atoms with Crippen molar-refractivity contribution in [3.8, 4) is 0 Å². The molecular formula is C11H10N2O3S. The lowest BCUT2D eigenvalue weighted by molar-refractivity contribution is -0.134. The van der Waals surface area contributed by atoms with Gasteiger partial charge in [0.05, 0.1) is 5.57 Å². The normalized spacial score (nSPS) is 15.2. The molecule has 2 rings (SSSR count). The van der Waals surface area contributed by atoms with E-state index in [2.05, 4.69) is 5.32 Å². The van der Waals surface area contributed by atoms with Gasteiger partial charge in [-0.05, 0) is 11.4 Å². The van der Waals surface area contributed by atoms with Crippen molar-refractivity contribution in [2.75, 3.05) is 12.4 Å². The number of likely N-dealkylation sites (N-methyl/N-ethyl adjacent to an activating group) is 1. The van der Waals surface area contributed by atoms with E-state index in [9.17, 15) is 14.4 Å². The Labute approximate surface area is 102 Å². The fourth-order valence-electron chi connectivity index (χ4n) is 1.53. The van der Waals surface area contributed by atoms with Crippen LogP contribution in [0.25, 0.3) is 5.57 Å². The molecule has 0 bridgehead atoms. The van der Waals surface area contributed by atoms with Crippen molar-refractivity contribution in [1.82, 2.24) is 4.90 Å². The van der Waals surface area contributed by atoms with Gasteiger partial charge in [0.15, 0.2) is 0 Å². The summed E-state index contributed by atoms with van der Waals surface area (Å²) in [6.07, 6.45) is 1.29. The molecule has 6 heteroatoms. The second kappa shape index (κ2) is 4.14. The summed E-state index contributed by atoms with van der Waals surface area (Å²) in [5.41, 5.74) is 0.912. The van der Waals surface area contributed by atoms with Gasteiger partial charge in [-0.2, -0.15) is 0 Å². The predicted octanol–water partition coefficient (Wildman–Crippen LogP) is 1.09. The third kappa shape index (κ3) is 1.99. The van der Waals surface area contributed by atoms with Gasteiger partial charge >= 0.3 is 0 Å². The van der Waals surface area contributed by atoms with Crippen LogP contribution in [0, 0.1) is 0 Å². The van der Waals surface area contributed by atoms with E-state index >= 15 is 0 Å². The molecule has 3 amide bonds.